The van der Waals surface area contributed by atoms with Crippen LogP contribution in [0.25, 0.3) is 0 Å². The lowest BCUT2D eigenvalue weighted by Crippen LogP contribution is -2.00. The average molecular weight is 122 g/mol. The minimum atomic E-state index is 0.319. The van der Waals surface area contributed by atoms with E-state index in [4.69, 9.17) is 5.21 Å². The molecule has 0 aliphatic carbocycles. The lowest BCUT2D eigenvalue weighted by atomic mass is 10.5. The Hall–Kier alpha value is -1.38. The van der Waals surface area contributed by atoms with Crippen LogP contribution in [0.4, 0.5) is 0 Å². The summed E-state index contributed by atoms with van der Waals surface area (Å²) in [5, 5.41) is 11.1. The lowest BCUT2D eigenvalue weighted by Gasteiger charge is -1.68. The summed E-state index contributed by atoms with van der Waals surface area (Å²) < 4.78 is 0. The third-order valence-electron chi connectivity index (χ3n) is 0.863. The van der Waals surface area contributed by atoms with Gasteiger partial charge in [0.1, 0.15) is 0 Å². The van der Waals surface area contributed by atoms with Gasteiger partial charge in [-0.15, -0.1) is 0 Å². The fraction of sp³-hybridized carbons (Fsp3) is 0. The largest absolute Gasteiger partial charge is 0.409 e. The van der Waals surface area contributed by atoms with Gasteiger partial charge in [-0.3, -0.25) is 0 Å². The summed E-state index contributed by atoms with van der Waals surface area (Å²) in [4.78, 5) is 3.74. The van der Waals surface area contributed by atoms with E-state index >= 15 is 0 Å². The van der Waals surface area contributed by atoms with Crippen LogP contribution in [0.1, 0.15) is 0 Å². The predicted octanol–water partition coefficient (Wildman–Crippen LogP) is 0.371. The van der Waals surface area contributed by atoms with Gasteiger partial charge < -0.3 is 5.21 Å². The Morgan fingerprint density at radius 1 is 1.33 bits per heavy atom. The van der Waals surface area contributed by atoms with Crippen LogP contribution in [0.15, 0.2) is 35.6 Å². The Bertz CT molecular complexity index is 224. The third kappa shape index (κ3) is 1.53. The van der Waals surface area contributed by atoms with Crippen LogP contribution in [-0.4, -0.2) is 10.2 Å². The summed E-state index contributed by atoms with van der Waals surface area (Å²) in [5.41, 5.74) is 0.319. The molecule has 0 aliphatic rings. The van der Waals surface area contributed by atoms with Gasteiger partial charge in [-0.05, 0) is 12.1 Å². The molecule has 9 heavy (non-hydrogen) atoms. The minimum absolute atomic E-state index is 0.319. The molecule has 1 aromatic heterocycles. The highest BCUT2D eigenvalue weighted by Gasteiger charge is 1.71. The Morgan fingerprint density at radius 2 is 2.22 bits per heavy atom. The maximum atomic E-state index is 8.21. The van der Waals surface area contributed by atoms with Crippen molar-refractivity contribution in [3.8, 4) is 0 Å². The Labute approximate surface area is 52.3 Å². The van der Waals surface area contributed by atoms with Gasteiger partial charge in [0.05, 0.1) is 0 Å². The molecule has 3 nitrogen and oxygen atoms in total. The van der Waals surface area contributed by atoms with Crippen molar-refractivity contribution >= 4 is 0 Å². The molecule has 1 N–H and O–H groups in total. The topological polar surface area (TPSA) is 45.5 Å². The molecule has 0 aliphatic heterocycles. The normalized spacial score (nSPS) is 11.3. The highest BCUT2D eigenvalue weighted by molar-refractivity contribution is 4.90. The van der Waals surface area contributed by atoms with Crippen molar-refractivity contribution in [3.63, 3.8) is 0 Å². The third-order valence-corrected chi connectivity index (χ3v) is 0.863. The number of nitrogens with zero attached hydrogens (tertiary/aromatic N) is 2. The van der Waals surface area contributed by atoms with E-state index in [0.717, 1.165) is 0 Å². The zero-order chi connectivity index (χ0) is 6.53. The molecular weight excluding hydrogens is 116 g/mol. The van der Waals surface area contributed by atoms with Crippen LogP contribution in [0.2, 0.25) is 0 Å². The fourth-order valence-electron chi connectivity index (χ4n) is 0.477. The second kappa shape index (κ2) is 2.81. The SMILES string of the molecule is ON=c1cccccn1. The van der Waals surface area contributed by atoms with Gasteiger partial charge in [-0.2, -0.15) is 0 Å². The van der Waals surface area contributed by atoms with E-state index in [1.54, 1.807) is 24.4 Å². The summed E-state index contributed by atoms with van der Waals surface area (Å²) in [6.07, 6.45) is 1.56. The number of aromatic nitrogens is 1. The van der Waals surface area contributed by atoms with Gasteiger partial charge in [-0.1, -0.05) is 17.3 Å². The number of hydrogen-bond acceptors (Lipinski definition) is 3. The Morgan fingerprint density at radius 3 is 3.00 bits per heavy atom. The zero-order valence-electron chi connectivity index (χ0n) is 4.73. The van der Waals surface area contributed by atoms with Gasteiger partial charge in [0.15, 0.2) is 5.49 Å². The summed E-state index contributed by atoms with van der Waals surface area (Å²) >= 11 is 0. The highest BCUT2D eigenvalue weighted by atomic mass is 16.4. The minimum Gasteiger partial charge on any atom is -0.409 e. The molecule has 0 bridgehead atoms. The maximum absolute atomic E-state index is 8.21. The molecule has 0 unspecified atom stereocenters. The number of hydrogen-bond donors (Lipinski definition) is 1. The van der Waals surface area contributed by atoms with E-state index in [-0.39, 0.29) is 0 Å². The summed E-state index contributed by atoms with van der Waals surface area (Å²) in [6.45, 7) is 0. The van der Waals surface area contributed by atoms with E-state index in [9.17, 15) is 0 Å². The Balaban J connectivity index is 3.28. The van der Waals surface area contributed by atoms with E-state index < -0.39 is 0 Å². The number of rotatable bonds is 0. The first-order valence-electron chi connectivity index (χ1n) is 2.53. The second-order valence-corrected chi connectivity index (χ2v) is 1.48. The van der Waals surface area contributed by atoms with E-state index in [0.29, 0.717) is 5.49 Å². The van der Waals surface area contributed by atoms with Crippen molar-refractivity contribution < 1.29 is 5.21 Å². The molecule has 0 radical (unpaired) electrons. The van der Waals surface area contributed by atoms with E-state index in [1.165, 1.54) is 0 Å². The lowest BCUT2D eigenvalue weighted by molar-refractivity contribution is 0.298. The summed E-state index contributed by atoms with van der Waals surface area (Å²) in [6, 6.07) is 6.93. The molecule has 0 fully saturated rings. The quantitative estimate of drug-likeness (QED) is 0.399. The first-order chi connectivity index (χ1) is 4.43. The standard InChI is InChI=1S/C6H6N2O/c9-8-6-4-2-1-3-5-7-6/h1-5,9H. The highest BCUT2D eigenvalue weighted by Crippen LogP contribution is 1.70. The first kappa shape index (κ1) is 5.75. The molecule has 0 atom stereocenters. The van der Waals surface area contributed by atoms with Crippen molar-refractivity contribution in [1.29, 1.82) is 0 Å². The summed E-state index contributed by atoms with van der Waals surface area (Å²) in [7, 11) is 0. The van der Waals surface area contributed by atoms with Crippen molar-refractivity contribution in [2.45, 2.75) is 0 Å². The molecule has 0 saturated heterocycles. The van der Waals surface area contributed by atoms with Crippen LogP contribution in [-0.2, 0) is 0 Å². The van der Waals surface area contributed by atoms with Crippen LogP contribution < -0.4 is 5.49 Å². The predicted molar refractivity (Wildman–Crippen MR) is 31.6 cm³/mol. The smallest absolute Gasteiger partial charge is 0.191 e. The van der Waals surface area contributed by atoms with Crippen molar-refractivity contribution in [1.82, 2.24) is 4.98 Å². The molecule has 3 heteroatoms. The molecule has 46 valence electrons. The van der Waals surface area contributed by atoms with Gasteiger partial charge in [0.2, 0.25) is 0 Å². The first-order valence-corrected chi connectivity index (χ1v) is 2.53. The van der Waals surface area contributed by atoms with Crippen LogP contribution in [0, 0.1) is 0 Å². The molecule has 0 aromatic carbocycles. The molecular formula is C6H6N2O. The molecule has 0 saturated carbocycles. The van der Waals surface area contributed by atoms with Crippen molar-refractivity contribution in [2.75, 3.05) is 0 Å². The molecule has 1 heterocycles. The molecule has 1 rings (SSSR count). The van der Waals surface area contributed by atoms with E-state index in [2.05, 4.69) is 10.1 Å². The second-order valence-electron chi connectivity index (χ2n) is 1.48. The average Bonchev–Trinajstić information content (AvgIpc) is 2.13. The van der Waals surface area contributed by atoms with Gasteiger partial charge in [-0.25, -0.2) is 4.98 Å². The van der Waals surface area contributed by atoms with Crippen molar-refractivity contribution in [3.05, 3.63) is 36.0 Å². The van der Waals surface area contributed by atoms with Gasteiger partial charge in [0, 0.05) is 6.20 Å². The van der Waals surface area contributed by atoms with Crippen LogP contribution in [0.3, 0.4) is 0 Å². The fourth-order valence-corrected chi connectivity index (χ4v) is 0.477. The van der Waals surface area contributed by atoms with E-state index in [1.807, 2.05) is 6.07 Å². The van der Waals surface area contributed by atoms with Crippen LogP contribution in [0.5, 0.6) is 0 Å². The van der Waals surface area contributed by atoms with Gasteiger partial charge >= 0.3 is 0 Å². The monoisotopic (exact) mass is 122 g/mol. The molecule has 0 spiro atoms. The van der Waals surface area contributed by atoms with Crippen LogP contribution >= 0.6 is 0 Å². The summed E-state index contributed by atoms with van der Waals surface area (Å²) in [5.74, 6) is 0. The zero-order valence-corrected chi connectivity index (χ0v) is 4.73. The maximum Gasteiger partial charge on any atom is 0.191 e. The van der Waals surface area contributed by atoms with Crippen molar-refractivity contribution in [2.24, 2.45) is 5.16 Å². The molecule has 0 amide bonds. The van der Waals surface area contributed by atoms with Gasteiger partial charge in [0.25, 0.3) is 0 Å². The Kier molecular flexibility index (Phi) is 1.80. The molecule has 1 aromatic rings.